The Labute approximate surface area is 202 Å². The van der Waals surface area contributed by atoms with E-state index < -0.39 is 6.29 Å². The van der Waals surface area contributed by atoms with E-state index in [0.717, 1.165) is 32.2 Å². The van der Waals surface area contributed by atoms with E-state index in [0.29, 0.717) is 17.2 Å². The number of carbonyl (C=O) groups excluding carboxylic acids is 1. The van der Waals surface area contributed by atoms with Crippen LogP contribution in [0.5, 0.6) is 23.0 Å². The lowest BCUT2D eigenvalue weighted by atomic mass is 9.65. The summed E-state index contributed by atoms with van der Waals surface area (Å²) in [5.74, 6) is 1.24. The SMILES string of the molecule is COc1ccc([C@@]23CC[C@@H](NC(=O)Nc4ccc5c(c4)OC(F)(F)O5)C[C@@H]2N(C)CC3)cc1OC. The highest BCUT2D eigenvalue weighted by atomic mass is 19.3. The van der Waals surface area contributed by atoms with E-state index in [2.05, 4.69) is 44.2 Å². The standard InChI is InChI=1S/C25H29F2N3O5/c1-30-11-10-24(15-4-6-18(32-2)20(12-15)33-3)9-8-17(14-22(24)30)29-23(31)28-16-5-7-19-21(13-16)35-25(26,27)34-19/h4-7,12-13,17,22H,8-11,14H2,1-3H3,(H2,28,29,31)/t17-,22+,24+/m1/s1. The lowest BCUT2D eigenvalue weighted by Crippen LogP contribution is -2.52. The molecule has 2 aromatic rings. The average molecular weight is 490 g/mol. The number of carbonyl (C=O) groups is 1. The van der Waals surface area contributed by atoms with E-state index in [1.807, 2.05) is 6.07 Å². The van der Waals surface area contributed by atoms with Crippen LogP contribution in [-0.2, 0) is 5.41 Å². The van der Waals surface area contributed by atoms with Crippen LogP contribution >= 0.6 is 0 Å². The molecule has 8 nitrogen and oxygen atoms in total. The van der Waals surface area contributed by atoms with Gasteiger partial charge in [0.2, 0.25) is 0 Å². The molecule has 1 saturated heterocycles. The number of likely N-dealkylation sites (N-methyl/N-ethyl adjacent to an activating group) is 1. The molecule has 0 unspecified atom stereocenters. The molecule has 3 atom stereocenters. The van der Waals surface area contributed by atoms with Gasteiger partial charge in [-0.2, -0.15) is 0 Å². The molecule has 1 saturated carbocycles. The van der Waals surface area contributed by atoms with Crippen molar-refractivity contribution in [2.75, 3.05) is 33.1 Å². The summed E-state index contributed by atoms with van der Waals surface area (Å²) in [6, 6.07) is 10.2. The number of alkyl halides is 2. The van der Waals surface area contributed by atoms with Crippen LogP contribution in [0.2, 0.25) is 0 Å². The van der Waals surface area contributed by atoms with Gasteiger partial charge in [-0.15, -0.1) is 8.78 Å². The Morgan fingerprint density at radius 3 is 2.60 bits per heavy atom. The number of halogens is 2. The molecule has 188 valence electrons. The lowest BCUT2D eigenvalue weighted by molar-refractivity contribution is -0.286. The molecule has 3 aliphatic rings. The fourth-order valence-corrected chi connectivity index (χ4v) is 5.77. The van der Waals surface area contributed by atoms with Gasteiger partial charge < -0.3 is 34.5 Å². The Kier molecular flexibility index (Phi) is 5.86. The Balaban J connectivity index is 1.26. The summed E-state index contributed by atoms with van der Waals surface area (Å²) in [4.78, 5) is 15.1. The molecule has 5 rings (SSSR count). The number of fused-ring (bicyclic) bond motifs is 2. The maximum atomic E-state index is 13.3. The number of likely N-dealkylation sites (tertiary alicyclic amines) is 1. The van der Waals surface area contributed by atoms with Crippen molar-refractivity contribution in [3.8, 4) is 23.0 Å². The molecule has 2 amide bonds. The molecule has 2 N–H and O–H groups in total. The number of rotatable bonds is 5. The van der Waals surface area contributed by atoms with Gasteiger partial charge in [-0.1, -0.05) is 6.07 Å². The number of methoxy groups -OCH3 is 2. The summed E-state index contributed by atoms with van der Waals surface area (Å²) in [5.41, 5.74) is 1.55. The van der Waals surface area contributed by atoms with Gasteiger partial charge in [-0.3, -0.25) is 0 Å². The average Bonchev–Trinajstić information content (AvgIpc) is 3.33. The summed E-state index contributed by atoms with van der Waals surface area (Å²) in [6.45, 7) is 0.972. The highest BCUT2D eigenvalue weighted by Crippen LogP contribution is 2.50. The number of ether oxygens (including phenoxy) is 4. The van der Waals surface area contributed by atoms with Crippen molar-refractivity contribution in [3.05, 3.63) is 42.0 Å². The zero-order valence-corrected chi connectivity index (χ0v) is 19.9. The van der Waals surface area contributed by atoms with Crippen molar-refractivity contribution in [2.24, 2.45) is 0 Å². The molecule has 2 aromatic carbocycles. The third-order valence-corrected chi connectivity index (χ3v) is 7.48. The van der Waals surface area contributed by atoms with Crippen molar-refractivity contribution in [3.63, 3.8) is 0 Å². The van der Waals surface area contributed by atoms with Crippen LogP contribution in [-0.4, -0.2) is 57.1 Å². The van der Waals surface area contributed by atoms with Crippen molar-refractivity contribution >= 4 is 11.7 Å². The smallest absolute Gasteiger partial charge is 0.493 e. The first-order valence-electron chi connectivity index (χ1n) is 11.6. The van der Waals surface area contributed by atoms with Gasteiger partial charge in [-0.05, 0) is 69.1 Å². The number of nitrogens with zero attached hydrogens (tertiary/aromatic N) is 1. The third kappa shape index (κ3) is 4.31. The second-order valence-electron chi connectivity index (χ2n) is 9.37. The predicted molar refractivity (Wildman–Crippen MR) is 125 cm³/mol. The fraction of sp³-hybridized carbons (Fsp3) is 0.480. The van der Waals surface area contributed by atoms with E-state index in [-0.39, 0.29) is 35.0 Å². The van der Waals surface area contributed by atoms with Gasteiger partial charge in [0, 0.05) is 29.3 Å². The highest BCUT2D eigenvalue weighted by molar-refractivity contribution is 5.90. The first kappa shape index (κ1) is 23.5. The zero-order valence-electron chi connectivity index (χ0n) is 19.9. The Hall–Kier alpha value is -3.27. The van der Waals surface area contributed by atoms with E-state index >= 15 is 0 Å². The van der Waals surface area contributed by atoms with Gasteiger partial charge in [0.15, 0.2) is 23.0 Å². The summed E-state index contributed by atoms with van der Waals surface area (Å²) in [5, 5.41) is 5.76. The van der Waals surface area contributed by atoms with Gasteiger partial charge in [0.05, 0.1) is 14.2 Å². The topological polar surface area (TPSA) is 81.3 Å². The van der Waals surface area contributed by atoms with Crippen LogP contribution in [0.15, 0.2) is 36.4 Å². The van der Waals surface area contributed by atoms with E-state index in [1.165, 1.54) is 23.8 Å². The number of hydrogen-bond donors (Lipinski definition) is 2. The van der Waals surface area contributed by atoms with Gasteiger partial charge >= 0.3 is 12.3 Å². The van der Waals surface area contributed by atoms with Crippen LogP contribution < -0.4 is 29.6 Å². The third-order valence-electron chi connectivity index (χ3n) is 7.48. The zero-order chi connectivity index (χ0) is 24.8. The molecule has 0 bridgehead atoms. The van der Waals surface area contributed by atoms with E-state index in [4.69, 9.17) is 9.47 Å². The molecule has 2 fully saturated rings. The van der Waals surface area contributed by atoms with Crippen molar-refractivity contribution in [1.29, 1.82) is 0 Å². The molecule has 0 aromatic heterocycles. The highest BCUT2D eigenvalue weighted by Gasteiger charge is 2.50. The predicted octanol–water partition coefficient (Wildman–Crippen LogP) is 4.34. The summed E-state index contributed by atoms with van der Waals surface area (Å²) in [7, 11) is 5.39. The quantitative estimate of drug-likeness (QED) is 0.651. The normalized spacial score (nSPS) is 26.7. The second-order valence-corrected chi connectivity index (χ2v) is 9.37. The van der Waals surface area contributed by atoms with Gasteiger partial charge in [0.25, 0.3) is 0 Å². The Bertz CT molecular complexity index is 1130. The van der Waals surface area contributed by atoms with E-state index in [9.17, 15) is 13.6 Å². The number of benzene rings is 2. The molecule has 0 radical (unpaired) electrons. The number of nitrogens with one attached hydrogen (secondary N) is 2. The maximum absolute atomic E-state index is 13.3. The number of amides is 2. The van der Waals surface area contributed by atoms with Crippen molar-refractivity contribution < 1.29 is 32.5 Å². The van der Waals surface area contributed by atoms with Crippen LogP contribution in [0.1, 0.15) is 31.2 Å². The number of anilines is 1. The van der Waals surface area contributed by atoms with Crippen molar-refractivity contribution in [2.45, 2.75) is 49.5 Å². The minimum atomic E-state index is -3.70. The number of hydrogen-bond acceptors (Lipinski definition) is 6. The molecule has 2 aliphatic heterocycles. The number of urea groups is 1. The van der Waals surface area contributed by atoms with Crippen LogP contribution in [0.25, 0.3) is 0 Å². The monoisotopic (exact) mass is 489 g/mol. The molecular weight excluding hydrogens is 460 g/mol. The van der Waals surface area contributed by atoms with Gasteiger partial charge in [-0.25, -0.2) is 4.79 Å². The Morgan fingerprint density at radius 2 is 1.83 bits per heavy atom. The second kappa shape index (κ2) is 8.75. The first-order chi connectivity index (χ1) is 16.7. The maximum Gasteiger partial charge on any atom is 0.586 e. The minimum absolute atomic E-state index is 0.0211. The molecule has 10 heteroatoms. The molecular formula is C25H29F2N3O5. The fourth-order valence-electron chi connectivity index (χ4n) is 5.77. The largest absolute Gasteiger partial charge is 0.586 e. The van der Waals surface area contributed by atoms with Crippen LogP contribution in [0, 0.1) is 0 Å². The summed E-state index contributed by atoms with van der Waals surface area (Å²) < 4.78 is 46.3. The van der Waals surface area contributed by atoms with E-state index in [1.54, 1.807) is 14.2 Å². The van der Waals surface area contributed by atoms with Gasteiger partial charge in [0.1, 0.15) is 0 Å². The molecule has 0 spiro atoms. The first-order valence-corrected chi connectivity index (χ1v) is 11.6. The summed E-state index contributed by atoms with van der Waals surface area (Å²) >= 11 is 0. The lowest BCUT2D eigenvalue weighted by Gasteiger charge is -2.45. The van der Waals surface area contributed by atoms with Crippen molar-refractivity contribution in [1.82, 2.24) is 10.2 Å². The van der Waals surface area contributed by atoms with Crippen LogP contribution in [0.4, 0.5) is 19.3 Å². The Morgan fingerprint density at radius 1 is 1.06 bits per heavy atom. The summed E-state index contributed by atoms with van der Waals surface area (Å²) in [6.07, 6.45) is -0.129. The molecule has 1 aliphatic carbocycles. The molecule has 35 heavy (non-hydrogen) atoms. The van der Waals surface area contributed by atoms with Crippen LogP contribution in [0.3, 0.4) is 0 Å². The molecule has 2 heterocycles. The minimum Gasteiger partial charge on any atom is -0.493 e.